The lowest BCUT2D eigenvalue weighted by molar-refractivity contribution is -0.126. The van der Waals surface area contributed by atoms with Crippen LogP contribution in [0.4, 0.5) is 4.79 Å². The van der Waals surface area contributed by atoms with Crippen LogP contribution in [0.2, 0.25) is 0 Å². The van der Waals surface area contributed by atoms with E-state index in [-0.39, 0.29) is 17.9 Å². The Labute approximate surface area is 147 Å². The first-order valence-corrected chi connectivity index (χ1v) is 8.62. The van der Waals surface area contributed by atoms with E-state index in [2.05, 4.69) is 10.3 Å². The van der Waals surface area contributed by atoms with Crippen molar-refractivity contribution < 1.29 is 14.3 Å². The number of aromatic nitrogens is 1. The molecule has 1 fully saturated rings. The zero-order chi connectivity index (χ0) is 17.6. The third kappa shape index (κ3) is 4.07. The first kappa shape index (κ1) is 17.2. The van der Waals surface area contributed by atoms with Crippen molar-refractivity contribution in [1.29, 1.82) is 0 Å². The van der Waals surface area contributed by atoms with Crippen LogP contribution in [0.15, 0.2) is 36.5 Å². The van der Waals surface area contributed by atoms with Crippen LogP contribution in [0.3, 0.4) is 0 Å². The van der Waals surface area contributed by atoms with Crippen LogP contribution >= 0.6 is 0 Å². The minimum atomic E-state index is -0.362. The molecule has 2 amide bonds. The Morgan fingerprint density at radius 2 is 2.16 bits per heavy atom. The number of hydrogen-bond donors (Lipinski definition) is 1. The third-order valence-electron chi connectivity index (χ3n) is 4.63. The molecule has 2 heterocycles. The fourth-order valence-electron chi connectivity index (χ4n) is 3.32. The molecule has 3 rings (SSSR count). The molecule has 0 aliphatic carbocycles. The molecule has 0 radical (unpaired) electrons. The molecular formula is C19H23N3O3. The number of amides is 2. The van der Waals surface area contributed by atoms with Crippen LogP contribution < -0.4 is 5.32 Å². The summed E-state index contributed by atoms with van der Waals surface area (Å²) in [4.78, 5) is 30.1. The SMILES string of the molecule is COC(=O)N1CCC[C@@H](C(=O)NCCc2cccc3cccnc23)C1. The molecule has 0 bridgehead atoms. The number of hydrogen-bond acceptors (Lipinski definition) is 4. The highest BCUT2D eigenvalue weighted by Gasteiger charge is 2.28. The average Bonchev–Trinajstić information content (AvgIpc) is 2.67. The number of para-hydroxylation sites is 1. The summed E-state index contributed by atoms with van der Waals surface area (Å²) in [6, 6.07) is 10.0. The zero-order valence-corrected chi connectivity index (χ0v) is 14.4. The molecule has 0 saturated carbocycles. The lowest BCUT2D eigenvalue weighted by Gasteiger charge is -2.30. The molecule has 6 nitrogen and oxygen atoms in total. The molecule has 0 spiro atoms. The Balaban J connectivity index is 1.54. The van der Waals surface area contributed by atoms with E-state index >= 15 is 0 Å². The second kappa shape index (κ2) is 7.96. The molecule has 0 unspecified atom stereocenters. The van der Waals surface area contributed by atoms with Gasteiger partial charge in [-0.1, -0.05) is 24.3 Å². The van der Waals surface area contributed by atoms with Crippen LogP contribution in [0.1, 0.15) is 18.4 Å². The smallest absolute Gasteiger partial charge is 0.409 e. The number of likely N-dealkylation sites (tertiary alicyclic amines) is 1. The van der Waals surface area contributed by atoms with E-state index in [4.69, 9.17) is 4.74 Å². The fourth-order valence-corrected chi connectivity index (χ4v) is 3.32. The largest absolute Gasteiger partial charge is 0.453 e. The summed E-state index contributed by atoms with van der Waals surface area (Å²) in [7, 11) is 1.37. The van der Waals surface area contributed by atoms with Crippen LogP contribution in [-0.4, -0.2) is 48.6 Å². The highest BCUT2D eigenvalue weighted by molar-refractivity contribution is 5.82. The first-order valence-electron chi connectivity index (χ1n) is 8.62. The van der Waals surface area contributed by atoms with Crippen LogP contribution in [-0.2, 0) is 16.0 Å². The molecule has 1 saturated heterocycles. The quantitative estimate of drug-likeness (QED) is 0.927. The summed E-state index contributed by atoms with van der Waals surface area (Å²) in [5.41, 5.74) is 2.10. The van der Waals surface area contributed by atoms with Crippen molar-refractivity contribution in [1.82, 2.24) is 15.2 Å². The van der Waals surface area contributed by atoms with Gasteiger partial charge in [0.2, 0.25) is 5.91 Å². The predicted octanol–water partition coefficient (Wildman–Crippen LogP) is 2.37. The number of carbonyl (C=O) groups is 2. The minimum absolute atomic E-state index is 0.00167. The lowest BCUT2D eigenvalue weighted by Crippen LogP contribution is -2.45. The molecular weight excluding hydrogens is 318 g/mol. The van der Waals surface area contributed by atoms with Gasteiger partial charge in [-0.2, -0.15) is 0 Å². The number of rotatable bonds is 4. The number of nitrogens with zero attached hydrogens (tertiary/aromatic N) is 2. The molecule has 1 aromatic carbocycles. The molecule has 1 aromatic heterocycles. The summed E-state index contributed by atoms with van der Waals surface area (Å²) < 4.78 is 4.75. The summed E-state index contributed by atoms with van der Waals surface area (Å²) in [5, 5.41) is 4.10. The second-order valence-electron chi connectivity index (χ2n) is 6.29. The van der Waals surface area contributed by atoms with Crippen molar-refractivity contribution in [3.8, 4) is 0 Å². The molecule has 1 aliphatic rings. The van der Waals surface area contributed by atoms with Gasteiger partial charge in [0, 0.05) is 31.2 Å². The normalized spacial score (nSPS) is 17.3. The Morgan fingerprint density at radius 1 is 1.32 bits per heavy atom. The number of pyridine rings is 1. The number of ether oxygens (including phenoxy) is 1. The second-order valence-corrected chi connectivity index (χ2v) is 6.29. The number of nitrogens with one attached hydrogen (secondary N) is 1. The Kier molecular flexibility index (Phi) is 5.48. The van der Waals surface area contributed by atoms with Gasteiger partial charge >= 0.3 is 6.09 Å². The molecule has 6 heteroatoms. The van der Waals surface area contributed by atoms with E-state index in [0.717, 1.165) is 35.7 Å². The molecule has 132 valence electrons. The fraction of sp³-hybridized carbons (Fsp3) is 0.421. The van der Waals surface area contributed by atoms with Crippen molar-refractivity contribution >= 4 is 22.9 Å². The summed E-state index contributed by atoms with van der Waals surface area (Å²) in [6.07, 6.45) is 3.77. The van der Waals surface area contributed by atoms with Gasteiger partial charge in [0.1, 0.15) is 0 Å². The number of piperidine rings is 1. The number of methoxy groups -OCH3 is 1. The van der Waals surface area contributed by atoms with E-state index in [1.165, 1.54) is 7.11 Å². The Morgan fingerprint density at radius 3 is 3.00 bits per heavy atom. The maximum atomic E-state index is 12.4. The van der Waals surface area contributed by atoms with Crippen molar-refractivity contribution in [2.45, 2.75) is 19.3 Å². The highest BCUT2D eigenvalue weighted by atomic mass is 16.5. The van der Waals surface area contributed by atoms with Gasteiger partial charge in [0.15, 0.2) is 0 Å². The van der Waals surface area contributed by atoms with Gasteiger partial charge in [-0.3, -0.25) is 9.78 Å². The van der Waals surface area contributed by atoms with E-state index in [1.807, 2.05) is 30.3 Å². The molecule has 25 heavy (non-hydrogen) atoms. The van der Waals surface area contributed by atoms with Gasteiger partial charge in [-0.05, 0) is 30.9 Å². The van der Waals surface area contributed by atoms with Gasteiger partial charge < -0.3 is 15.0 Å². The highest BCUT2D eigenvalue weighted by Crippen LogP contribution is 2.18. The van der Waals surface area contributed by atoms with E-state index in [0.29, 0.717) is 19.6 Å². The van der Waals surface area contributed by atoms with Crippen LogP contribution in [0.25, 0.3) is 10.9 Å². The number of fused-ring (bicyclic) bond motifs is 1. The summed E-state index contributed by atoms with van der Waals surface area (Å²) in [6.45, 7) is 1.63. The number of carbonyl (C=O) groups excluding carboxylic acids is 2. The van der Waals surface area contributed by atoms with E-state index in [1.54, 1.807) is 11.1 Å². The first-order chi connectivity index (χ1) is 12.2. The number of benzene rings is 1. The van der Waals surface area contributed by atoms with Gasteiger partial charge in [0.05, 0.1) is 18.5 Å². The Hall–Kier alpha value is -2.63. The molecule has 2 aromatic rings. The van der Waals surface area contributed by atoms with E-state index < -0.39 is 0 Å². The van der Waals surface area contributed by atoms with Crippen LogP contribution in [0.5, 0.6) is 0 Å². The molecule has 1 N–H and O–H groups in total. The maximum absolute atomic E-state index is 12.4. The molecule has 1 aliphatic heterocycles. The van der Waals surface area contributed by atoms with Crippen LogP contribution in [0, 0.1) is 5.92 Å². The van der Waals surface area contributed by atoms with Gasteiger partial charge in [0.25, 0.3) is 0 Å². The van der Waals surface area contributed by atoms with Gasteiger partial charge in [-0.15, -0.1) is 0 Å². The predicted molar refractivity (Wildman–Crippen MR) is 95.2 cm³/mol. The van der Waals surface area contributed by atoms with Crippen molar-refractivity contribution in [2.24, 2.45) is 5.92 Å². The Bertz CT molecular complexity index is 757. The third-order valence-corrected chi connectivity index (χ3v) is 4.63. The molecule has 1 atom stereocenters. The van der Waals surface area contributed by atoms with Crippen molar-refractivity contribution in [2.75, 3.05) is 26.7 Å². The maximum Gasteiger partial charge on any atom is 0.409 e. The lowest BCUT2D eigenvalue weighted by atomic mass is 9.97. The van der Waals surface area contributed by atoms with Crippen molar-refractivity contribution in [3.63, 3.8) is 0 Å². The zero-order valence-electron chi connectivity index (χ0n) is 14.4. The average molecular weight is 341 g/mol. The van der Waals surface area contributed by atoms with Crippen molar-refractivity contribution in [3.05, 3.63) is 42.1 Å². The van der Waals surface area contributed by atoms with Gasteiger partial charge in [-0.25, -0.2) is 4.79 Å². The van der Waals surface area contributed by atoms with E-state index in [9.17, 15) is 9.59 Å². The standard InChI is InChI=1S/C19H23N3O3/c1-25-19(24)22-12-4-8-16(13-22)18(23)21-11-9-15-6-2-5-14-7-3-10-20-17(14)15/h2-3,5-7,10,16H,4,8-9,11-13H2,1H3,(H,21,23)/t16-/m1/s1. The topological polar surface area (TPSA) is 71.5 Å². The summed E-state index contributed by atoms with van der Waals surface area (Å²) in [5.74, 6) is -0.166. The monoisotopic (exact) mass is 341 g/mol. The minimum Gasteiger partial charge on any atom is -0.453 e. The summed E-state index contributed by atoms with van der Waals surface area (Å²) >= 11 is 0.